The molecule has 0 aliphatic carbocycles. The molecule has 3 nitrogen and oxygen atoms in total. The van der Waals surface area contributed by atoms with E-state index in [-0.39, 0.29) is 18.1 Å². The summed E-state index contributed by atoms with van der Waals surface area (Å²) in [5, 5.41) is 1.35. The Morgan fingerprint density at radius 1 is 1.19 bits per heavy atom. The zero-order chi connectivity index (χ0) is 11.3. The number of hydrogen-bond acceptors (Lipinski definition) is 2. The van der Waals surface area contributed by atoms with E-state index in [0.717, 1.165) is 5.39 Å². The molecular formula is C12H8ClNO2. The second-order valence-electron chi connectivity index (χ2n) is 3.86. The molecule has 1 aliphatic heterocycles. The molecule has 2 heterocycles. The molecule has 0 amide bonds. The largest absolute Gasteiger partial charge is 0.293 e. The van der Waals surface area contributed by atoms with Crippen LogP contribution in [0.15, 0.2) is 24.3 Å². The van der Waals surface area contributed by atoms with Crippen LogP contribution in [0.2, 0.25) is 5.02 Å². The highest BCUT2D eigenvalue weighted by atomic mass is 35.5. The maximum atomic E-state index is 11.8. The van der Waals surface area contributed by atoms with E-state index in [4.69, 9.17) is 11.6 Å². The molecule has 0 bridgehead atoms. The van der Waals surface area contributed by atoms with E-state index in [1.807, 2.05) is 12.1 Å². The third-order valence-corrected chi connectivity index (χ3v) is 3.18. The van der Waals surface area contributed by atoms with Gasteiger partial charge < -0.3 is 0 Å². The van der Waals surface area contributed by atoms with E-state index < -0.39 is 0 Å². The molecule has 2 aromatic rings. The number of fused-ring (bicyclic) bond motifs is 3. The summed E-state index contributed by atoms with van der Waals surface area (Å²) in [7, 11) is 0. The normalized spacial score (nSPS) is 15.6. The van der Waals surface area contributed by atoms with Crippen molar-refractivity contribution in [2.24, 2.45) is 0 Å². The third-order valence-electron chi connectivity index (χ3n) is 2.88. The van der Waals surface area contributed by atoms with Crippen molar-refractivity contribution in [3.63, 3.8) is 0 Å². The Morgan fingerprint density at radius 2 is 2.00 bits per heavy atom. The van der Waals surface area contributed by atoms with Crippen LogP contribution in [0.25, 0.3) is 10.9 Å². The third kappa shape index (κ3) is 1.15. The van der Waals surface area contributed by atoms with Crippen molar-refractivity contribution < 1.29 is 9.59 Å². The van der Waals surface area contributed by atoms with Gasteiger partial charge in [-0.15, -0.1) is 0 Å². The van der Waals surface area contributed by atoms with Gasteiger partial charge in [-0.3, -0.25) is 14.2 Å². The Balaban J connectivity index is 2.48. The molecule has 80 valence electrons. The summed E-state index contributed by atoms with van der Waals surface area (Å²) in [6, 6.07) is 7.13. The molecule has 0 N–H and O–H groups in total. The number of rotatable bonds is 0. The van der Waals surface area contributed by atoms with Crippen LogP contribution in [0.3, 0.4) is 0 Å². The Kier molecular flexibility index (Phi) is 1.91. The zero-order valence-corrected chi connectivity index (χ0v) is 9.12. The molecule has 1 aromatic carbocycles. The van der Waals surface area contributed by atoms with Crippen LogP contribution in [-0.2, 0) is 0 Å². The van der Waals surface area contributed by atoms with Gasteiger partial charge in [-0.25, -0.2) is 0 Å². The summed E-state index contributed by atoms with van der Waals surface area (Å²) >= 11 is 6.06. The molecule has 4 heteroatoms. The second-order valence-corrected chi connectivity index (χ2v) is 4.27. The van der Waals surface area contributed by atoms with Gasteiger partial charge in [0.1, 0.15) is 0 Å². The van der Waals surface area contributed by atoms with Crippen molar-refractivity contribution in [1.82, 2.24) is 4.57 Å². The summed E-state index contributed by atoms with van der Waals surface area (Å²) in [5.74, 6) is -0.0513. The first-order valence-corrected chi connectivity index (χ1v) is 5.42. The summed E-state index contributed by atoms with van der Waals surface area (Å²) in [5.41, 5.74) is 1.11. The molecule has 0 fully saturated rings. The van der Waals surface area contributed by atoms with Crippen LogP contribution in [0.5, 0.6) is 0 Å². The molecule has 0 radical (unpaired) electrons. The zero-order valence-electron chi connectivity index (χ0n) is 8.37. The van der Waals surface area contributed by atoms with Crippen molar-refractivity contribution in [2.45, 2.75) is 12.8 Å². The summed E-state index contributed by atoms with van der Waals surface area (Å²) in [6.45, 7) is 0. The van der Waals surface area contributed by atoms with Gasteiger partial charge in [0.2, 0.25) is 5.91 Å². The fourth-order valence-corrected chi connectivity index (χ4v) is 2.41. The number of Topliss-reactive ketones (excluding diaryl/α,β-unsaturated/α-hetero) is 1. The van der Waals surface area contributed by atoms with Crippen LogP contribution in [-0.4, -0.2) is 16.3 Å². The number of benzene rings is 1. The SMILES string of the molecule is O=C1CCC(=O)n2c1cc1cccc(Cl)c12. The molecule has 0 saturated carbocycles. The van der Waals surface area contributed by atoms with Crippen molar-refractivity contribution in [2.75, 3.05) is 0 Å². The fraction of sp³-hybridized carbons (Fsp3) is 0.167. The Morgan fingerprint density at radius 3 is 2.81 bits per heavy atom. The summed E-state index contributed by atoms with van der Waals surface area (Å²) < 4.78 is 1.45. The number of para-hydroxylation sites is 1. The van der Waals surface area contributed by atoms with Crippen molar-refractivity contribution >= 4 is 34.2 Å². The average Bonchev–Trinajstić information content (AvgIpc) is 2.65. The standard InChI is InChI=1S/C12H8ClNO2/c13-8-3-1-2-7-6-9-10(15)4-5-11(16)14(9)12(7)8/h1-3,6H,4-5H2. The first kappa shape index (κ1) is 9.60. The highest BCUT2D eigenvalue weighted by Crippen LogP contribution is 2.30. The first-order chi connectivity index (χ1) is 7.68. The molecular weight excluding hydrogens is 226 g/mol. The first-order valence-electron chi connectivity index (χ1n) is 5.05. The Labute approximate surface area is 96.6 Å². The predicted octanol–water partition coefficient (Wildman–Crippen LogP) is 2.91. The number of nitrogens with zero attached hydrogens (tertiary/aromatic N) is 1. The summed E-state index contributed by atoms with van der Waals surface area (Å²) in [4.78, 5) is 23.5. The lowest BCUT2D eigenvalue weighted by molar-refractivity contribution is 0.0821. The van der Waals surface area contributed by atoms with E-state index in [1.54, 1.807) is 12.1 Å². The van der Waals surface area contributed by atoms with Crippen LogP contribution >= 0.6 is 11.6 Å². The highest BCUT2D eigenvalue weighted by Gasteiger charge is 2.26. The van der Waals surface area contributed by atoms with E-state index in [2.05, 4.69) is 0 Å². The van der Waals surface area contributed by atoms with E-state index >= 15 is 0 Å². The lowest BCUT2D eigenvalue weighted by atomic mass is 10.1. The minimum atomic E-state index is -0.0577. The van der Waals surface area contributed by atoms with Gasteiger partial charge in [0.15, 0.2) is 5.78 Å². The number of carbonyl (C=O) groups excluding carboxylic acids is 2. The lowest BCUT2D eigenvalue weighted by Crippen LogP contribution is -2.23. The number of halogens is 1. The van der Waals surface area contributed by atoms with Gasteiger partial charge in [0, 0.05) is 18.2 Å². The molecule has 0 spiro atoms. The van der Waals surface area contributed by atoms with E-state index in [1.165, 1.54) is 4.57 Å². The average molecular weight is 234 g/mol. The van der Waals surface area contributed by atoms with Crippen LogP contribution in [0.4, 0.5) is 0 Å². The highest BCUT2D eigenvalue weighted by molar-refractivity contribution is 6.36. The van der Waals surface area contributed by atoms with Crippen LogP contribution in [0.1, 0.15) is 28.1 Å². The van der Waals surface area contributed by atoms with Gasteiger partial charge >= 0.3 is 0 Å². The van der Waals surface area contributed by atoms with Crippen molar-refractivity contribution in [1.29, 1.82) is 0 Å². The molecule has 0 unspecified atom stereocenters. The van der Waals surface area contributed by atoms with Crippen molar-refractivity contribution in [3.8, 4) is 0 Å². The number of carbonyl (C=O) groups is 2. The van der Waals surface area contributed by atoms with E-state index in [0.29, 0.717) is 22.7 Å². The monoisotopic (exact) mass is 233 g/mol. The van der Waals surface area contributed by atoms with Crippen LogP contribution in [0, 0.1) is 0 Å². The minimum absolute atomic E-state index is 0.00636. The minimum Gasteiger partial charge on any atom is -0.293 e. The Bertz CT molecular complexity index is 627. The Hall–Kier alpha value is -1.61. The van der Waals surface area contributed by atoms with Gasteiger partial charge in [0.05, 0.1) is 16.2 Å². The van der Waals surface area contributed by atoms with Gasteiger partial charge in [-0.05, 0) is 12.1 Å². The molecule has 0 atom stereocenters. The number of aromatic nitrogens is 1. The smallest absolute Gasteiger partial charge is 0.232 e. The number of hydrogen-bond donors (Lipinski definition) is 0. The van der Waals surface area contributed by atoms with Gasteiger partial charge in [-0.2, -0.15) is 0 Å². The second kappa shape index (κ2) is 3.19. The van der Waals surface area contributed by atoms with E-state index in [9.17, 15) is 9.59 Å². The molecule has 16 heavy (non-hydrogen) atoms. The van der Waals surface area contributed by atoms with Crippen molar-refractivity contribution in [3.05, 3.63) is 35.0 Å². The quantitative estimate of drug-likeness (QED) is 0.702. The maximum Gasteiger partial charge on any atom is 0.232 e. The lowest BCUT2D eigenvalue weighted by Gasteiger charge is -2.13. The molecule has 1 aromatic heterocycles. The fourth-order valence-electron chi connectivity index (χ4n) is 2.14. The molecule has 0 saturated heterocycles. The topological polar surface area (TPSA) is 39.1 Å². The van der Waals surface area contributed by atoms with Gasteiger partial charge in [0.25, 0.3) is 0 Å². The maximum absolute atomic E-state index is 11.8. The number of ketones is 1. The molecule has 3 rings (SSSR count). The van der Waals surface area contributed by atoms with Gasteiger partial charge in [-0.1, -0.05) is 23.7 Å². The summed E-state index contributed by atoms with van der Waals surface area (Å²) in [6.07, 6.45) is 0.563. The predicted molar refractivity (Wildman–Crippen MR) is 61.1 cm³/mol. The van der Waals surface area contributed by atoms with Crippen LogP contribution < -0.4 is 0 Å². The molecule has 1 aliphatic rings.